The smallest absolute Gasteiger partial charge is 0.270 e. The minimum Gasteiger partial charge on any atom is -0.376 e. The molecule has 0 aliphatic carbocycles. The number of ether oxygens (including phenoxy) is 1. The molecule has 0 bridgehead atoms. The number of carbonyl (C=O) groups excluding carboxylic acids is 1. The zero-order valence-electron chi connectivity index (χ0n) is 14.7. The lowest BCUT2D eigenvalue weighted by molar-refractivity contribution is 0.0853. The fourth-order valence-electron chi connectivity index (χ4n) is 3.15. The number of nitrogens with one attached hydrogen (secondary N) is 1. The van der Waals surface area contributed by atoms with Gasteiger partial charge in [-0.05, 0) is 37.5 Å². The molecule has 1 aliphatic rings. The van der Waals surface area contributed by atoms with E-state index in [0.29, 0.717) is 17.9 Å². The van der Waals surface area contributed by atoms with Crippen LogP contribution < -0.4 is 5.32 Å². The van der Waals surface area contributed by atoms with E-state index in [4.69, 9.17) is 4.74 Å². The van der Waals surface area contributed by atoms with Crippen LogP contribution in [0.25, 0.3) is 17.0 Å². The summed E-state index contributed by atoms with van der Waals surface area (Å²) in [6.45, 7) is 3.33. The van der Waals surface area contributed by atoms with Crippen LogP contribution in [-0.2, 0) is 11.2 Å². The maximum atomic E-state index is 12.5. The molecule has 0 spiro atoms. The lowest BCUT2D eigenvalue weighted by Gasteiger charge is -2.11. The zero-order chi connectivity index (χ0) is 17.9. The lowest BCUT2D eigenvalue weighted by atomic mass is 10.2. The molecule has 0 saturated carbocycles. The maximum Gasteiger partial charge on any atom is 0.270 e. The molecule has 1 atom stereocenters. The molecule has 1 N–H and O–H groups in total. The van der Waals surface area contributed by atoms with Crippen LogP contribution in [-0.4, -0.2) is 44.7 Å². The first-order valence-corrected chi connectivity index (χ1v) is 8.95. The second kappa shape index (κ2) is 7.21. The number of rotatable bonds is 5. The van der Waals surface area contributed by atoms with Crippen molar-refractivity contribution in [1.82, 2.24) is 24.9 Å². The highest BCUT2D eigenvalue weighted by Gasteiger charge is 2.18. The van der Waals surface area contributed by atoms with E-state index >= 15 is 0 Å². The summed E-state index contributed by atoms with van der Waals surface area (Å²) in [5.74, 6) is -0.182. The maximum absolute atomic E-state index is 12.5. The molecule has 0 aromatic carbocycles. The van der Waals surface area contributed by atoms with Crippen molar-refractivity contribution < 1.29 is 9.53 Å². The highest BCUT2D eigenvalue weighted by atomic mass is 16.5. The molecule has 1 saturated heterocycles. The van der Waals surface area contributed by atoms with E-state index in [-0.39, 0.29) is 12.0 Å². The average Bonchev–Trinajstić information content (AvgIpc) is 3.35. The molecule has 1 amide bonds. The molecule has 1 aliphatic heterocycles. The summed E-state index contributed by atoms with van der Waals surface area (Å²) in [7, 11) is 0. The third-order valence-electron chi connectivity index (χ3n) is 4.54. The Morgan fingerprint density at radius 1 is 1.35 bits per heavy atom. The molecule has 0 radical (unpaired) electrons. The molecule has 3 aromatic heterocycles. The number of pyridine rings is 1. The van der Waals surface area contributed by atoms with Crippen LogP contribution >= 0.6 is 0 Å². The monoisotopic (exact) mass is 351 g/mol. The van der Waals surface area contributed by atoms with Crippen LogP contribution in [0.2, 0.25) is 0 Å². The van der Waals surface area contributed by atoms with Gasteiger partial charge in [0.2, 0.25) is 0 Å². The molecule has 7 nitrogen and oxygen atoms in total. The van der Waals surface area contributed by atoms with Crippen molar-refractivity contribution in [2.45, 2.75) is 32.3 Å². The van der Waals surface area contributed by atoms with E-state index in [1.165, 1.54) is 0 Å². The number of hydrogen-bond acceptors (Lipinski definition) is 5. The summed E-state index contributed by atoms with van der Waals surface area (Å²) in [4.78, 5) is 21.3. The van der Waals surface area contributed by atoms with Gasteiger partial charge in [-0.2, -0.15) is 5.10 Å². The van der Waals surface area contributed by atoms with Gasteiger partial charge in [-0.3, -0.25) is 9.78 Å². The second-order valence-corrected chi connectivity index (χ2v) is 6.35. The first-order valence-electron chi connectivity index (χ1n) is 8.95. The zero-order valence-corrected chi connectivity index (χ0v) is 14.7. The highest BCUT2D eigenvalue weighted by Crippen LogP contribution is 2.18. The minimum atomic E-state index is -0.182. The summed E-state index contributed by atoms with van der Waals surface area (Å²) in [5, 5.41) is 7.53. The van der Waals surface area contributed by atoms with Gasteiger partial charge in [0.05, 0.1) is 11.8 Å². The van der Waals surface area contributed by atoms with E-state index in [2.05, 4.69) is 20.4 Å². The Bertz CT molecular complexity index is 916. The average molecular weight is 351 g/mol. The summed E-state index contributed by atoms with van der Waals surface area (Å²) in [6.07, 6.45) is 4.63. The molecular formula is C19H21N5O2. The van der Waals surface area contributed by atoms with Crippen molar-refractivity contribution in [3.63, 3.8) is 0 Å². The Morgan fingerprint density at radius 3 is 3.00 bits per heavy atom. The van der Waals surface area contributed by atoms with Gasteiger partial charge in [0.25, 0.3) is 5.91 Å². The van der Waals surface area contributed by atoms with Gasteiger partial charge in [-0.15, -0.1) is 0 Å². The van der Waals surface area contributed by atoms with Gasteiger partial charge in [0.1, 0.15) is 11.4 Å². The second-order valence-electron chi connectivity index (χ2n) is 6.35. The standard InChI is InChI=1S/C19H21N5O2/c1-2-13-10-17(19(25)21-12-14-6-5-9-26-14)22-18-11-16(23-24(13)18)15-7-3-4-8-20-15/h3-4,7-8,10-11,14H,2,5-6,9,12H2,1H3,(H,21,25)/t14-/m1/s1. The summed E-state index contributed by atoms with van der Waals surface area (Å²) in [6, 6.07) is 9.35. The predicted molar refractivity (Wildman–Crippen MR) is 96.9 cm³/mol. The third kappa shape index (κ3) is 3.30. The van der Waals surface area contributed by atoms with Gasteiger partial charge in [0, 0.05) is 31.1 Å². The summed E-state index contributed by atoms with van der Waals surface area (Å²) in [5.41, 5.74) is 3.50. The van der Waals surface area contributed by atoms with Gasteiger partial charge in [-0.25, -0.2) is 9.50 Å². The molecule has 0 unspecified atom stereocenters. The topological polar surface area (TPSA) is 81.4 Å². The van der Waals surface area contributed by atoms with Gasteiger partial charge >= 0.3 is 0 Å². The lowest BCUT2D eigenvalue weighted by Crippen LogP contribution is -2.32. The largest absolute Gasteiger partial charge is 0.376 e. The van der Waals surface area contributed by atoms with Crippen molar-refractivity contribution in [2.75, 3.05) is 13.2 Å². The number of amides is 1. The van der Waals surface area contributed by atoms with Crippen LogP contribution in [0.5, 0.6) is 0 Å². The van der Waals surface area contributed by atoms with E-state index in [9.17, 15) is 4.79 Å². The predicted octanol–water partition coefficient (Wildman–Crippen LogP) is 2.26. The highest BCUT2D eigenvalue weighted by molar-refractivity contribution is 5.93. The summed E-state index contributed by atoms with van der Waals surface area (Å²) >= 11 is 0. The molecule has 3 aromatic rings. The number of aryl methyl sites for hydroxylation is 1. The van der Waals surface area contributed by atoms with E-state index < -0.39 is 0 Å². The van der Waals surface area contributed by atoms with Crippen LogP contribution in [0.3, 0.4) is 0 Å². The van der Waals surface area contributed by atoms with E-state index in [1.54, 1.807) is 16.8 Å². The Labute approximate surface area is 151 Å². The third-order valence-corrected chi connectivity index (χ3v) is 4.54. The van der Waals surface area contributed by atoms with Crippen LogP contribution in [0.1, 0.15) is 35.9 Å². The summed E-state index contributed by atoms with van der Waals surface area (Å²) < 4.78 is 7.33. The SMILES string of the molecule is CCc1cc(C(=O)NC[C@H]2CCCO2)nc2cc(-c3ccccn3)nn12. The van der Waals surface area contributed by atoms with Crippen molar-refractivity contribution in [3.8, 4) is 11.4 Å². The van der Waals surface area contributed by atoms with Crippen molar-refractivity contribution in [2.24, 2.45) is 0 Å². The number of fused-ring (bicyclic) bond motifs is 1. The normalized spacial score (nSPS) is 16.9. The van der Waals surface area contributed by atoms with Crippen molar-refractivity contribution in [1.29, 1.82) is 0 Å². The van der Waals surface area contributed by atoms with E-state index in [1.807, 2.05) is 31.2 Å². The minimum absolute atomic E-state index is 0.110. The fourth-order valence-corrected chi connectivity index (χ4v) is 3.15. The molecule has 4 heterocycles. The molecule has 26 heavy (non-hydrogen) atoms. The van der Waals surface area contributed by atoms with Gasteiger partial charge in [0.15, 0.2) is 5.65 Å². The Kier molecular flexibility index (Phi) is 4.62. The van der Waals surface area contributed by atoms with Crippen LogP contribution in [0.4, 0.5) is 0 Å². The quantitative estimate of drug-likeness (QED) is 0.762. The molecule has 1 fully saturated rings. The number of hydrogen-bond donors (Lipinski definition) is 1. The van der Waals surface area contributed by atoms with Crippen LogP contribution in [0, 0.1) is 0 Å². The number of aromatic nitrogens is 4. The molecular weight excluding hydrogens is 330 g/mol. The van der Waals surface area contributed by atoms with Gasteiger partial charge < -0.3 is 10.1 Å². The number of nitrogens with zero attached hydrogens (tertiary/aromatic N) is 4. The Hall–Kier alpha value is -2.80. The van der Waals surface area contributed by atoms with Crippen molar-refractivity contribution >= 4 is 11.6 Å². The van der Waals surface area contributed by atoms with Crippen molar-refractivity contribution in [3.05, 3.63) is 47.9 Å². The van der Waals surface area contributed by atoms with Crippen LogP contribution in [0.15, 0.2) is 36.5 Å². The molecule has 134 valence electrons. The fraction of sp³-hybridized carbons (Fsp3) is 0.368. The first-order chi connectivity index (χ1) is 12.7. The molecule has 7 heteroatoms. The Morgan fingerprint density at radius 2 is 2.27 bits per heavy atom. The first kappa shape index (κ1) is 16.7. The number of carbonyl (C=O) groups is 1. The van der Waals surface area contributed by atoms with E-state index in [0.717, 1.165) is 43.0 Å². The molecule has 4 rings (SSSR count). The van der Waals surface area contributed by atoms with Gasteiger partial charge in [-0.1, -0.05) is 13.0 Å². The Balaban J connectivity index is 1.62.